The number of rotatable bonds is 6. The Labute approximate surface area is 119 Å². The molecule has 0 aliphatic carbocycles. The summed E-state index contributed by atoms with van der Waals surface area (Å²) in [5, 5.41) is 5.82. The normalized spacial score (nSPS) is 12.4. The second kappa shape index (κ2) is 6.73. The molecule has 0 spiro atoms. The molecule has 1 unspecified atom stereocenters. The zero-order valence-corrected chi connectivity index (χ0v) is 12.6. The van der Waals surface area contributed by atoms with Crippen LogP contribution < -0.4 is 10.1 Å². The molecule has 1 aromatic carbocycles. The van der Waals surface area contributed by atoms with Gasteiger partial charge in [0, 0.05) is 10.9 Å². The van der Waals surface area contributed by atoms with E-state index in [1.807, 2.05) is 23.5 Å². The van der Waals surface area contributed by atoms with Crippen LogP contribution in [0.2, 0.25) is 0 Å². The van der Waals surface area contributed by atoms with Crippen LogP contribution in [-0.4, -0.2) is 13.7 Å². The average Bonchev–Trinajstić information content (AvgIpc) is 2.86. The Balaban J connectivity index is 2.11. The molecule has 0 bridgehead atoms. The number of methoxy groups -OCH3 is 1. The third-order valence-electron chi connectivity index (χ3n) is 3.20. The molecule has 2 aromatic rings. The fourth-order valence-corrected chi connectivity index (χ4v) is 2.96. The zero-order chi connectivity index (χ0) is 13.7. The van der Waals surface area contributed by atoms with Gasteiger partial charge in [-0.25, -0.2) is 0 Å². The summed E-state index contributed by atoms with van der Waals surface area (Å²) in [7, 11) is 1.70. The van der Waals surface area contributed by atoms with Crippen LogP contribution in [0.4, 0.5) is 0 Å². The van der Waals surface area contributed by atoms with Crippen molar-refractivity contribution in [3.8, 4) is 5.75 Å². The fourth-order valence-electron chi connectivity index (χ4n) is 2.20. The van der Waals surface area contributed by atoms with Crippen molar-refractivity contribution in [2.45, 2.75) is 26.3 Å². The minimum absolute atomic E-state index is 0.392. The van der Waals surface area contributed by atoms with Crippen molar-refractivity contribution in [2.24, 2.45) is 0 Å². The first-order valence-corrected chi connectivity index (χ1v) is 7.52. The fraction of sp³-hybridized carbons (Fsp3) is 0.375. The van der Waals surface area contributed by atoms with Crippen LogP contribution in [0, 0.1) is 6.92 Å². The third-order valence-corrected chi connectivity index (χ3v) is 4.08. The van der Waals surface area contributed by atoms with Crippen molar-refractivity contribution < 1.29 is 4.74 Å². The average molecular weight is 275 g/mol. The zero-order valence-electron chi connectivity index (χ0n) is 11.8. The highest BCUT2D eigenvalue weighted by atomic mass is 32.1. The number of thiophene rings is 1. The van der Waals surface area contributed by atoms with Crippen molar-refractivity contribution in [2.75, 3.05) is 13.7 Å². The number of benzene rings is 1. The predicted molar refractivity (Wildman–Crippen MR) is 82.2 cm³/mol. The molecule has 0 fully saturated rings. The van der Waals surface area contributed by atoms with Gasteiger partial charge < -0.3 is 10.1 Å². The van der Waals surface area contributed by atoms with Crippen LogP contribution >= 0.6 is 11.3 Å². The highest BCUT2D eigenvalue weighted by molar-refractivity contribution is 7.10. The second-order valence-corrected chi connectivity index (χ2v) is 5.77. The van der Waals surface area contributed by atoms with Crippen LogP contribution in [0.1, 0.15) is 29.0 Å². The molecule has 3 heteroatoms. The van der Waals surface area contributed by atoms with Crippen LogP contribution in [0.15, 0.2) is 35.7 Å². The Morgan fingerprint density at radius 3 is 2.53 bits per heavy atom. The lowest BCUT2D eigenvalue weighted by Gasteiger charge is -2.17. The van der Waals surface area contributed by atoms with E-state index in [1.54, 1.807) is 7.11 Å². The van der Waals surface area contributed by atoms with Gasteiger partial charge in [0.25, 0.3) is 0 Å². The standard InChI is InChI=1S/C16H21NOS/c1-4-17-16(14-9-12(2)19-11-14)10-13-5-7-15(18-3)8-6-13/h5-9,11,16-17H,4,10H2,1-3H3. The molecule has 0 saturated carbocycles. The van der Waals surface area contributed by atoms with E-state index in [0.717, 1.165) is 18.7 Å². The third kappa shape index (κ3) is 3.82. The van der Waals surface area contributed by atoms with Gasteiger partial charge in [-0.05, 0) is 54.6 Å². The van der Waals surface area contributed by atoms with Crippen molar-refractivity contribution >= 4 is 11.3 Å². The summed E-state index contributed by atoms with van der Waals surface area (Å²) < 4.78 is 5.20. The molecule has 0 aliphatic rings. The Morgan fingerprint density at radius 1 is 1.26 bits per heavy atom. The Morgan fingerprint density at radius 2 is 2.00 bits per heavy atom. The summed E-state index contributed by atoms with van der Waals surface area (Å²) in [6.45, 7) is 5.29. The molecule has 1 aromatic heterocycles. The second-order valence-electron chi connectivity index (χ2n) is 4.65. The van der Waals surface area contributed by atoms with E-state index in [9.17, 15) is 0 Å². The summed E-state index contributed by atoms with van der Waals surface area (Å²) in [4.78, 5) is 1.37. The molecule has 0 radical (unpaired) electrons. The molecule has 0 saturated heterocycles. The molecule has 0 amide bonds. The summed E-state index contributed by atoms with van der Waals surface area (Å²) in [5.74, 6) is 0.912. The van der Waals surface area contributed by atoms with Gasteiger partial charge in [0.2, 0.25) is 0 Å². The first-order valence-electron chi connectivity index (χ1n) is 6.64. The summed E-state index contributed by atoms with van der Waals surface area (Å²) >= 11 is 1.82. The first-order chi connectivity index (χ1) is 9.22. The molecule has 2 rings (SSSR count). The van der Waals surface area contributed by atoms with Crippen LogP contribution in [0.3, 0.4) is 0 Å². The molecular formula is C16H21NOS. The van der Waals surface area contributed by atoms with Gasteiger partial charge in [-0.2, -0.15) is 0 Å². The van der Waals surface area contributed by atoms with Gasteiger partial charge in [0.15, 0.2) is 0 Å². The number of ether oxygens (including phenoxy) is 1. The Kier molecular flexibility index (Phi) is 5.00. The van der Waals surface area contributed by atoms with Crippen molar-refractivity contribution in [1.82, 2.24) is 5.32 Å². The maximum Gasteiger partial charge on any atom is 0.118 e. The Hall–Kier alpha value is -1.32. The van der Waals surface area contributed by atoms with Crippen molar-refractivity contribution in [1.29, 1.82) is 0 Å². The van der Waals surface area contributed by atoms with Gasteiger partial charge in [-0.15, -0.1) is 11.3 Å². The molecule has 0 aliphatic heterocycles. The quantitative estimate of drug-likeness (QED) is 0.861. The maximum absolute atomic E-state index is 5.20. The van der Waals surface area contributed by atoms with E-state index >= 15 is 0 Å². The number of aryl methyl sites for hydroxylation is 1. The monoisotopic (exact) mass is 275 g/mol. The molecule has 2 nitrogen and oxygen atoms in total. The number of hydrogen-bond acceptors (Lipinski definition) is 3. The van der Waals surface area contributed by atoms with Gasteiger partial charge in [0.05, 0.1) is 7.11 Å². The lowest BCUT2D eigenvalue weighted by molar-refractivity contribution is 0.414. The number of nitrogens with one attached hydrogen (secondary N) is 1. The molecule has 102 valence electrons. The van der Waals surface area contributed by atoms with E-state index < -0.39 is 0 Å². The first kappa shape index (κ1) is 14.1. The van der Waals surface area contributed by atoms with Crippen LogP contribution in [0.25, 0.3) is 0 Å². The molecular weight excluding hydrogens is 254 g/mol. The van der Waals surface area contributed by atoms with Crippen molar-refractivity contribution in [3.05, 3.63) is 51.7 Å². The number of hydrogen-bond donors (Lipinski definition) is 1. The van der Waals surface area contributed by atoms with E-state index in [1.165, 1.54) is 16.0 Å². The van der Waals surface area contributed by atoms with E-state index in [0.29, 0.717) is 6.04 Å². The smallest absolute Gasteiger partial charge is 0.118 e. The SMILES string of the molecule is CCNC(Cc1ccc(OC)cc1)c1csc(C)c1. The van der Waals surface area contributed by atoms with Gasteiger partial charge in [0.1, 0.15) is 5.75 Å². The van der Waals surface area contributed by atoms with Crippen molar-refractivity contribution in [3.63, 3.8) is 0 Å². The Bertz CT molecular complexity index is 504. The highest BCUT2D eigenvalue weighted by Gasteiger charge is 2.12. The minimum atomic E-state index is 0.392. The molecule has 19 heavy (non-hydrogen) atoms. The van der Waals surface area contributed by atoms with Crippen LogP contribution in [0.5, 0.6) is 5.75 Å². The maximum atomic E-state index is 5.20. The van der Waals surface area contributed by atoms with Gasteiger partial charge in [-0.3, -0.25) is 0 Å². The van der Waals surface area contributed by atoms with E-state index in [-0.39, 0.29) is 0 Å². The topological polar surface area (TPSA) is 21.3 Å². The summed E-state index contributed by atoms with van der Waals surface area (Å²) in [6, 6.07) is 11.0. The largest absolute Gasteiger partial charge is 0.497 e. The number of likely N-dealkylation sites (N-methyl/N-ethyl adjacent to an activating group) is 1. The van der Waals surface area contributed by atoms with Gasteiger partial charge >= 0.3 is 0 Å². The molecule has 1 atom stereocenters. The summed E-state index contributed by atoms with van der Waals surface area (Å²) in [6.07, 6.45) is 1.01. The van der Waals surface area contributed by atoms with E-state index in [2.05, 4.69) is 42.7 Å². The predicted octanol–water partition coefficient (Wildman–Crippen LogP) is 3.96. The summed E-state index contributed by atoms with van der Waals surface area (Å²) in [5.41, 5.74) is 2.72. The molecule has 1 heterocycles. The lowest BCUT2D eigenvalue weighted by Crippen LogP contribution is -2.22. The minimum Gasteiger partial charge on any atom is -0.497 e. The van der Waals surface area contributed by atoms with Gasteiger partial charge in [-0.1, -0.05) is 19.1 Å². The molecule has 1 N–H and O–H groups in total. The van der Waals surface area contributed by atoms with Crippen LogP contribution in [-0.2, 0) is 6.42 Å². The van der Waals surface area contributed by atoms with E-state index in [4.69, 9.17) is 4.74 Å². The lowest BCUT2D eigenvalue weighted by atomic mass is 10.0. The highest BCUT2D eigenvalue weighted by Crippen LogP contribution is 2.24.